The molecule has 178 valence electrons. The van der Waals surface area contributed by atoms with Gasteiger partial charge >= 0.3 is 11.9 Å². The van der Waals surface area contributed by atoms with Crippen molar-refractivity contribution in [2.24, 2.45) is 0 Å². The molecule has 2 aromatic carbocycles. The maximum absolute atomic E-state index is 13.4. The van der Waals surface area contributed by atoms with Crippen molar-refractivity contribution in [3.8, 4) is 0 Å². The number of halogens is 3. The van der Waals surface area contributed by atoms with Gasteiger partial charge in [0, 0.05) is 31.9 Å². The zero-order valence-corrected chi connectivity index (χ0v) is 18.6. The first-order valence-electron chi connectivity index (χ1n) is 10.7. The third-order valence-corrected chi connectivity index (χ3v) is 5.97. The second-order valence-electron chi connectivity index (χ2n) is 8.01. The van der Waals surface area contributed by atoms with E-state index < -0.39 is 22.4 Å². The smallest absolute Gasteiger partial charge is 0.368 e. The van der Waals surface area contributed by atoms with Crippen LogP contribution in [-0.2, 0) is 6.18 Å². The van der Waals surface area contributed by atoms with E-state index in [1.54, 1.807) is 4.90 Å². The van der Waals surface area contributed by atoms with Crippen LogP contribution in [0.4, 0.5) is 41.9 Å². The van der Waals surface area contributed by atoms with Crippen LogP contribution in [0, 0.1) is 24.0 Å². The van der Waals surface area contributed by atoms with Crippen LogP contribution in [0.25, 0.3) is 0 Å². The summed E-state index contributed by atoms with van der Waals surface area (Å²) < 4.78 is 40.2. The van der Waals surface area contributed by atoms with Gasteiger partial charge in [0.05, 0.1) is 16.2 Å². The molecule has 1 aliphatic rings. The summed E-state index contributed by atoms with van der Waals surface area (Å²) in [4.78, 5) is 23.3. The van der Waals surface area contributed by atoms with Gasteiger partial charge < -0.3 is 15.1 Å². The van der Waals surface area contributed by atoms with Crippen LogP contribution in [0.3, 0.4) is 0 Å². The first-order chi connectivity index (χ1) is 16.2. The summed E-state index contributed by atoms with van der Waals surface area (Å²) in [5.74, 6) is -0.212. The van der Waals surface area contributed by atoms with Gasteiger partial charge in [0.1, 0.15) is 6.33 Å². The first-order valence-corrected chi connectivity index (χ1v) is 10.7. The van der Waals surface area contributed by atoms with Gasteiger partial charge in [0.2, 0.25) is 11.6 Å². The number of nitrogens with zero attached hydrogens (tertiary/aromatic N) is 5. The number of anilines is 4. The second-order valence-corrected chi connectivity index (χ2v) is 8.01. The molecule has 1 aromatic heterocycles. The average molecular weight is 472 g/mol. The number of nitro groups is 1. The van der Waals surface area contributed by atoms with Gasteiger partial charge in [-0.3, -0.25) is 10.1 Å². The summed E-state index contributed by atoms with van der Waals surface area (Å²) in [6.45, 7) is 6.26. The van der Waals surface area contributed by atoms with Crippen molar-refractivity contribution in [3.05, 3.63) is 75.6 Å². The lowest BCUT2D eigenvalue weighted by molar-refractivity contribution is -0.383. The summed E-state index contributed by atoms with van der Waals surface area (Å²) in [5, 5.41) is 14.5. The SMILES string of the molecule is Cc1cccc(N2CCN(c3ncnc(Nc4ccccc4C(F)(F)F)c3[N+](=O)[O-])CC2)c1C. The molecule has 0 saturated carbocycles. The van der Waals surface area contributed by atoms with Gasteiger partial charge in [-0.15, -0.1) is 0 Å². The van der Waals surface area contributed by atoms with E-state index in [0.29, 0.717) is 26.2 Å². The van der Waals surface area contributed by atoms with Crippen molar-refractivity contribution in [2.45, 2.75) is 20.0 Å². The fraction of sp³-hybridized carbons (Fsp3) is 0.304. The van der Waals surface area contributed by atoms with Crippen LogP contribution >= 0.6 is 0 Å². The van der Waals surface area contributed by atoms with E-state index in [1.807, 2.05) is 25.1 Å². The minimum Gasteiger partial charge on any atom is -0.368 e. The molecule has 1 aliphatic heterocycles. The number of aromatic nitrogens is 2. The van der Waals surface area contributed by atoms with E-state index >= 15 is 0 Å². The average Bonchev–Trinajstić information content (AvgIpc) is 2.80. The standard InChI is InChI=1S/C23H23F3N6O2/c1-15-6-5-9-19(16(15)2)30-10-12-31(13-11-30)22-20(32(33)34)21(27-14-28-22)29-18-8-4-3-7-17(18)23(24,25)26/h3-9,14H,10-13H2,1-2H3,(H,27,28,29). The van der Waals surface area contributed by atoms with Crippen molar-refractivity contribution in [2.75, 3.05) is 41.3 Å². The number of para-hydroxylation sites is 1. The van der Waals surface area contributed by atoms with Crippen LogP contribution in [0.2, 0.25) is 0 Å². The molecule has 1 N–H and O–H groups in total. The Balaban J connectivity index is 1.61. The van der Waals surface area contributed by atoms with E-state index in [-0.39, 0.29) is 17.3 Å². The molecule has 0 amide bonds. The lowest BCUT2D eigenvalue weighted by Crippen LogP contribution is -2.47. The van der Waals surface area contributed by atoms with E-state index in [2.05, 4.69) is 27.1 Å². The number of aryl methyl sites for hydroxylation is 1. The number of hydrogen-bond donors (Lipinski definition) is 1. The van der Waals surface area contributed by atoms with E-state index in [1.165, 1.54) is 29.3 Å². The molecule has 1 fully saturated rings. The normalized spacial score (nSPS) is 14.3. The molecule has 0 atom stereocenters. The summed E-state index contributed by atoms with van der Waals surface area (Å²) in [6, 6.07) is 10.9. The highest BCUT2D eigenvalue weighted by molar-refractivity contribution is 5.76. The molecule has 1 saturated heterocycles. The highest BCUT2D eigenvalue weighted by Gasteiger charge is 2.35. The maximum atomic E-state index is 13.4. The second kappa shape index (κ2) is 9.16. The van der Waals surface area contributed by atoms with Crippen LogP contribution in [0.5, 0.6) is 0 Å². The summed E-state index contributed by atoms with van der Waals surface area (Å²) in [5.41, 5.74) is 1.76. The number of nitrogens with one attached hydrogen (secondary N) is 1. The lowest BCUT2D eigenvalue weighted by Gasteiger charge is -2.37. The van der Waals surface area contributed by atoms with E-state index in [0.717, 1.165) is 18.1 Å². The molecule has 34 heavy (non-hydrogen) atoms. The third kappa shape index (κ3) is 4.59. The Morgan fingerprint density at radius 3 is 2.32 bits per heavy atom. The van der Waals surface area contributed by atoms with Crippen molar-refractivity contribution >= 4 is 28.7 Å². The molecule has 3 aromatic rings. The topological polar surface area (TPSA) is 87.4 Å². The lowest BCUT2D eigenvalue weighted by atomic mass is 10.1. The largest absolute Gasteiger partial charge is 0.418 e. The Morgan fingerprint density at radius 1 is 0.971 bits per heavy atom. The molecule has 4 rings (SSSR count). The molecule has 0 aliphatic carbocycles. The molecule has 0 unspecified atom stereocenters. The van der Waals surface area contributed by atoms with Crippen molar-refractivity contribution in [1.29, 1.82) is 0 Å². The number of piperazine rings is 1. The monoisotopic (exact) mass is 472 g/mol. The number of hydrogen-bond acceptors (Lipinski definition) is 7. The van der Waals surface area contributed by atoms with Crippen LogP contribution < -0.4 is 15.1 Å². The molecule has 0 bridgehead atoms. The Morgan fingerprint density at radius 2 is 1.65 bits per heavy atom. The number of alkyl halides is 3. The van der Waals surface area contributed by atoms with Crippen molar-refractivity contribution in [3.63, 3.8) is 0 Å². The summed E-state index contributed by atoms with van der Waals surface area (Å²) in [6.07, 6.45) is -3.50. The zero-order valence-electron chi connectivity index (χ0n) is 18.6. The predicted octanol–water partition coefficient (Wildman–Crippen LogP) is 5.09. The zero-order chi connectivity index (χ0) is 24.5. The molecular formula is C23H23F3N6O2. The Hall–Kier alpha value is -3.89. The quantitative estimate of drug-likeness (QED) is 0.409. The Bertz CT molecular complexity index is 1210. The minimum atomic E-state index is -4.63. The number of benzene rings is 2. The Kier molecular flexibility index (Phi) is 6.27. The fourth-order valence-electron chi connectivity index (χ4n) is 4.06. The first kappa shape index (κ1) is 23.3. The third-order valence-electron chi connectivity index (χ3n) is 5.97. The molecule has 0 radical (unpaired) electrons. The minimum absolute atomic E-state index is 0.0765. The maximum Gasteiger partial charge on any atom is 0.418 e. The highest BCUT2D eigenvalue weighted by atomic mass is 19.4. The van der Waals surface area contributed by atoms with Gasteiger partial charge in [0.25, 0.3) is 0 Å². The summed E-state index contributed by atoms with van der Waals surface area (Å²) in [7, 11) is 0. The van der Waals surface area contributed by atoms with Crippen molar-refractivity contribution in [1.82, 2.24) is 9.97 Å². The van der Waals surface area contributed by atoms with Gasteiger partial charge in [-0.2, -0.15) is 13.2 Å². The van der Waals surface area contributed by atoms with Crippen LogP contribution in [0.1, 0.15) is 16.7 Å². The molecule has 11 heteroatoms. The molecule has 8 nitrogen and oxygen atoms in total. The van der Waals surface area contributed by atoms with Gasteiger partial charge in [-0.25, -0.2) is 9.97 Å². The van der Waals surface area contributed by atoms with Gasteiger partial charge in [0.15, 0.2) is 0 Å². The van der Waals surface area contributed by atoms with E-state index in [4.69, 9.17) is 0 Å². The number of rotatable bonds is 5. The van der Waals surface area contributed by atoms with Gasteiger partial charge in [-0.1, -0.05) is 24.3 Å². The Labute approximate surface area is 194 Å². The van der Waals surface area contributed by atoms with Gasteiger partial charge in [-0.05, 0) is 43.2 Å². The van der Waals surface area contributed by atoms with Crippen LogP contribution in [0.15, 0.2) is 48.8 Å². The molecule has 2 heterocycles. The fourth-order valence-corrected chi connectivity index (χ4v) is 4.06. The molecular weight excluding hydrogens is 449 g/mol. The molecule has 0 spiro atoms. The predicted molar refractivity (Wildman–Crippen MR) is 124 cm³/mol. The highest BCUT2D eigenvalue weighted by Crippen LogP contribution is 2.39. The van der Waals surface area contributed by atoms with E-state index in [9.17, 15) is 23.3 Å². The van der Waals surface area contributed by atoms with Crippen molar-refractivity contribution < 1.29 is 18.1 Å². The van der Waals surface area contributed by atoms with Crippen LogP contribution in [-0.4, -0.2) is 41.1 Å². The summed E-state index contributed by atoms with van der Waals surface area (Å²) >= 11 is 0.